The van der Waals surface area contributed by atoms with E-state index in [0.29, 0.717) is 41.2 Å². The molecule has 1 aromatic heterocycles. The van der Waals surface area contributed by atoms with E-state index < -0.39 is 11.2 Å². The molecule has 0 atom stereocenters. The smallest absolute Gasteiger partial charge is 0.336 e. The zero-order valence-electron chi connectivity index (χ0n) is 20.6. The van der Waals surface area contributed by atoms with Crippen LogP contribution in [0.4, 0.5) is 5.69 Å². The van der Waals surface area contributed by atoms with E-state index in [9.17, 15) is 19.2 Å². The van der Waals surface area contributed by atoms with E-state index in [1.54, 1.807) is 60.5 Å². The van der Waals surface area contributed by atoms with Gasteiger partial charge in [-0.25, -0.2) is 9.36 Å². The van der Waals surface area contributed by atoms with Crippen LogP contribution in [0.15, 0.2) is 76.3 Å². The Morgan fingerprint density at radius 3 is 2.51 bits per heavy atom. The quantitative estimate of drug-likeness (QED) is 0.454. The van der Waals surface area contributed by atoms with Crippen LogP contribution in [0.25, 0.3) is 16.6 Å². The van der Waals surface area contributed by atoms with Crippen molar-refractivity contribution in [3.8, 4) is 11.4 Å². The SMILES string of the molecule is CNC(=O)Cc1ccc(-n2c(=O)c3ccccc3n(CC(=O)N3CCOc4ccc(C)cc43)c2=O)cc1. The van der Waals surface area contributed by atoms with Crippen molar-refractivity contribution in [2.45, 2.75) is 19.9 Å². The summed E-state index contributed by atoms with van der Waals surface area (Å²) in [6.45, 7) is 2.39. The number of nitrogens with one attached hydrogen (secondary N) is 1. The molecule has 3 aromatic carbocycles. The van der Waals surface area contributed by atoms with Crippen LogP contribution in [0.2, 0.25) is 0 Å². The lowest BCUT2D eigenvalue weighted by Crippen LogP contribution is -2.44. The average Bonchev–Trinajstić information content (AvgIpc) is 2.91. The normalized spacial score (nSPS) is 12.6. The number of fused-ring (bicyclic) bond motifs is 2. The van der Waals surface area contributed by atoms with Gasteiger partial charge in [0.1, 0.15) is 18.9 Å². The fraction of sp³-hybridized carbons (Fsp3) is 0.214. The number of likely N-dealkylation sites (N-methyl/N-ethyl adjacent to an activating group) is 1. The molecular formula is C28H26N4O5. The van der Waals surface area contributed by atoms with Crippen molar-refractivity contribution in [2.24, 2.45) is 0 Å². The molecule has 1 aliphatic heterocycles. The van der Waals surface area contributed by atoms with Crippen LogP contribution in [0, 0.1) is 6.92 Å². The Bertz CT molecular complexity index is 1640. The van der Waals surface area contributed by atoms with Crippen molar-refractivity contribution in [1.82, 2.24) is 14.5 Å². The predicted octanol–water partition coefficient (Wildman–Crippen LogP) is 2.17. The van der Waals surface area contributed by atoms with E-state index in [1.165, 1.54) is 4.57 Å². The summed E-state index contributed by atoms with van der Waals surface area (Å²) in [7, 11) is 1.56. The summed E-state index contributed by atoms with van der Waals surface area (Å²) in [5, 5.41) is 2.89. The molecule has 0 spiro atoms. The fourth-order valence-corrected chi connectivity index (χ4v) is 4.55. The summed E-state index contributed by atoms with van der Waals surface area (Å²) in [6, 6.07) is 19.1. The molecule has 1 aliphatic rings. The Morgan fingerprint density at radius 2 is 1.76 bits per heavy atom. The molecule has 0 unspecified atom stereocenters. The Morgan fingerprint density at radius 1 is 1.00 bits per heavy atom. The number of aromatic nitrogens is 2. The zero-order chi connectivity index (χ0) is 26.1. The second-order valence-electron chi connectivity index (χ2n) is 8.91. The van der Waals surface area contributed by atoms with Crippen molar-refractivity contribution in [1.29, 1.82) is 0 Å². The van der Waals surface area contributed by atoms with E-state index in [-0.39, 0.29) is 24.8 Å². The molecule has 0 radical (unpaired) electrons. The van der Waals surface area contributed by atoms with Crippen molar-refractivity contribution < 1.29 is 14.3 Å². The van der Waals surface area contributed by atoms with Gasteiger partial charge < -0.3 is 15.0 Å². The second-order valence-corrected chi connectivity index (χ2v) is 8.91. The first kappa shape index (κ1) is 24.1. The first-order valence-electron chi connectivity index (χ1n) is 12.0. The highest BCUT2D eigenvalue weighted by Crippen LogP contribution is 2.32. The number of carbonyl (C=O) groups excluding carboxylic acids is 2. The first-order valence-corrected chi connectivity index (χ1v) is 12.0. The minimum absolute atomic E-state index is 0.142. The maximum atomic E-state index is 13.7. The first-order chi connectivity index (χ1) is 17.9. The predicted molar refractivity (Wildman–Crippen MR) is 141 cm³/mol. The molecule has 0 aliphatic carbocycles. The van der Waals surface area contributed by atoms with Gasteiger partial charge in [-0.15, -0.1) is 0 Å². The van der Waals surface area contributed by atoms with E-state index in [1.807, 2.05) is 25.1 Å². The average molecular weight is 499 g/mol. The molecule has 37 heavy (non-hydrogen) atoms. The molecule has 1 N–H and O–H groups in total. The molecule has 0 saturated heterocycles. The molecule has 0 bridgehead atoms. The van der Waals surface area contributed by atoms with E-state index >= 15 is 0 Å². The van der Waals surface area contributed by atoms with Crippen molar-refractivity contribution in [2.75, 3.05) is 25.1 Å². The third kappa shape index (κ3) is 4.51. The van der Waals surface area contributed by atoms with Gasteiger partial charge in [-0.05, 0) is 54.4 Å². The lowest BCUT2D eigenvalue weighted by Gasteiger charge is -2.30. The van der Waals surface area contributed by atoms with Crippen molar-refractivity contribution in [3.63, 3.8) is 0 Å². The van der Waals surface area contributed by atoms with Crippen LogP contribution in [-0.4, -0.2) is 41.1 Å². The molecular weight excluding hydrogens is 472 g/mol. The van der Waals surface area contributed by atoms with Crippen molar-refractivity contribution in [3.05, 3.63) is 98.7 Å². The third-order valence-corrected chi connectivity index (χ3v) is 6.46. The Kier molecular flexibility index (Phi) is 6.35. The van der Waals surface area contributed by atoms with Gasteiger partial charge in [0.15, 0.2) is 0 Å². The van der Waals surface area contributed by atoms with E-state index in [0.717, 1.165) is 15.7 Å². The van der Waals surface area contributed by atoms with Crippen LogP contribution in [0.5, 0.6) is 5.75 Å². The number of aryl methyl sites for hydroxylation is 1. The monoisotopic (exact) mass is 498 g/mol. The third-order valence-electron chi connectivity index (χ3n) is 6.46. The van der Waals surface area contributed by atoms with Gasteiger partial charge in [0.05, 0.1) is 35.2 Å². The number of carbonyl (C=O) groups is 2. The number of nitrogens with zero attached hydrogens (tertiary/aromatic N) is 3. The maximum Gasteiger partial charge on any atom is 0.336 e. The van der Waals surface area contributed by atoms with Gasteiger partial charge in [0.25, 0.3) is 5.56 Å². The van der Waals surface area contributed by atoms with E-state index in [2.05, 4.69) is 5.32 Å². The van der Waals surface area contributed by atoms with Crippen LogP contribution in [0.3, 0.4) is 0 Å². The molecule has 9 nitrogen and oxygen atoms in total. The maximum absolute atomic E-state index is 13.7. The zero-order valence-corrected chi connectivity index (χ0v) is 20.6. The number of para-hydroxylation sites is 1. The Labute approximate surface area is 212 Å². The van der Waals surface area contributed by atoms with E-state index in [4.69, 9.17) is 4.74 Å². The molecule has 0 saturated carbocycles. The highest BCUT2D eigenvalue weighted by Gasteiger charge is 2.25. The number of benzene rings is 3. The number of hydrogen-bond acceptors (Lipinski definition) is 5. The van der Waals surface area contributed by atoms with Crippen LogP contribution in [0.1, 0.15) is 11.1 Å². The Balaban J connectivity index is 1.58. The summed E-state index contributed by atoms with van der Waals surface area (Å²) in [5.41, 5.74) is 2.04. The Hall–Kier alpha value is -4.66. The number of hydrogen-bond donors (Lipinski definition) is 1. The highest BCUT2D eigenvalue weighted by molar-refractivity contribution is 5.96. The van der Waals surface area contributed by atoms with Crippen molar-refractivity contribution >= 4 is 28.4 Å². The van der Waals surface area contributed by atoms with Gasteiger partial charge in [-0.3, -0.25) is 19.0 Å². The lowest BCUT2D eigenvalue weighted by molar-refractivity contribution is -0.120. The number of ether oxygens (including phenoxy) is 1. The lowest BCUT2D eigenvalue weighted by atomic mass is 10.1. The van der Waals surface area contributed by atoms with Crippen LogP contribution in [-0.2, 0) is 22.6 Å². The summed E-state index contributed by atoms with van der Waals surface area (Å²) in [6.07, 6.45) is 0.183. The summed E-state index contributed by atoms with van der Waals surface area (Å²) >= 11 is 0. The molecule has 2 heterocycles. The topological polar surface area (TPSA) is 103 Å². The highest BCUT2D eigenvalue weighted by atomic mass is 16.5. The molecule has 4 aromatic rings. The number of rotatable bonds is 5. The minimum atomic E-state index is -0.617. The number of anilines is 1. The van der Waals surface area contributed by atoms with Crippen LogP contribution >= 0.6 is 0 Å². The summed E-state index contributed by atoms with van der Waals surface area (Å²) in [4.78, 5) is 53.9. The van der Waals surface area contributed by atoms with Crippen LogP contribution < -0.4 is 26.2 Å². The van der Waals surface area contributed by atoms with Gasteiger partial charge >= 0.3 is 5.69 Å². The second kappa shape index (κ2) is 9.77. The molecule has 5 rings (SSSR count). The molecule has 9 heteroatoms. The summed E-state index contributed by atoms with van der Waals surface area (Å²) < 4.78 is 8.11. The standard InChI is InChI=1S/C28H26N4O5/c1-18-7-12-24-23(15-18)30(13-14-37-24)26(34)17-31-22-6-4-3-5-21(22)27(35)32(28(31)36)20-10-8-19(9-11-20)16-25(33)29-2/h3-12,15H,13-14,16-17H2,1-2H3,(H,29,33). The molecule has 188 valence electrons. The largest absolute Gasteiger partial charge is 0.490 e. The number of amides is 2. The molecule has 0 fully saturated rings. The van der Waals surface area contributed by atoms with Gasteiger partial charge in [-0.2, -0.15) is 0 Å². The van der Waals surface area contributed by atoms with Gasteiger partial charge in [0, 0.05) is 7.05 Å². The van der Waals surface area contributed by atoms with Gasteiger partial charge in [-0.1, -0.05) is 30.3 Å². The fourth-order valence-electron chi connectivity index (χ4n) is 4.55. The van der Waals surface area contributed by atoms with Gasteiger partial charge in [0.2, 0.25) is 11.8 Å². The summed E-state index contributed by atoms with van der Waals surface area (Å²) in [5.74, 6) is 0.189. The minimum Gasteiger partial charge on any atom is -0.490 e. The molecule has 2 amide bonds.